The molecule has 5 nitrogen and oxygen atoms in total. The molecule has 0 saturated heterocycles. The number of anilines is 1. The first-order chi connectivity index (χ1) is 31.1. The summed E-state index contributed by atoms with van der Waals surface area (Å²) in [6, 6.07) is 35.7. The molecule has 1 N–H and O–H groups in total. The summed E-state index contributed by atoms with van der Waals surface area (Å²) in [6.45, 7) is 22.0. The number of hydrogen-bond acceptors (Lipinski definition) is 3. The van der Waals surface area contributed by atoms with Crippen molar-refractivity contribution in [2.75, 3.05) is 23.7 Å². The van der Waals surface area contributed by atoms with Crippen LogP contribution in [0.2, 0.25) is 0 Å². The standard InChI is InChI=1S/C59H64N2O3S/c1-10-11-37-60-50-35-33-44-46(54-40(2)23-19-24-41(54)3)27-21-29-48(44)56(50)58(6,7)52(60)31-15-13-12-14-16-32-53-59(8,9)57-49-30-22-28-47(55-42(4)25-20-26-43(55)5)45(49)34-36-51(57)61(53)38-17-18-39-65(62,63)64/h12-16,19-36H,10-11,17-18,37-39H2,1-9H3/p+1. The predicted octanol–water partition coefficient (Wildman–Crippen LogP) is 14.8. The summed E-state index contributed by atoms with van der Waals surface area (Å²) in [4.78, 5) is 2.55. The smallest absolute Gasteiger partial charge is 0.264 e. The summed E-state index contributed by atoms with van der Waals surface area (Å²) in [7, 11) is -4.03. The zero-order chi connectivity index (χ0) is 46.3. The third kappa shape index (κ3) is 8.59. The molecule has 0 aromatic heterocycles. The normalized spacial score (nSPS) is 16.4. The van der Waals surface area contributed by atoms with Crippen molar-refractivity contribution >= 4 is 48.7 Å². The molecule has 8 rings (SSSR count). The van der Waals surface area contributed by atoms with Crippen LogP contribution >= 0.6 is 0 Å². The fourth-order valence-corrected chi connectivity index (χ4v) is 11.6. The van der Waals surface area contributed by atoms with E-state index >= 15 is 0 Å². The number of hydrogen-bond donors (Lipinski definition) is 1. The average Bonchev–Trinajstić information content (AvgIpc) is 3.61. The average molecular weight is 882 g/mol. The molecule has 2 aliphatic rings. The van der Waals surface area contributed by atoms with Gasteiger partial charge in [0, 0.05) is 47.5 Å². The second-order valence-corrected chi connectivity index (χ2v) is 20.8. The first-order valence-corrected chi connectivity index (χ1v) is 25.0. The maximum atomic E-state index is 11.6. The number of rotatable bonds is 14. The molecule has 6 aromatic rings. The number of fused-ring (bicyclic) bond motifs is 6. The zero-order valence-corrected chi connectivity index (χ0v) is 40.6. The van der Waals surface area contributed by atoms with Gasteiger partial charge in [-0.1, -0.05) is 136 Å². The van der Waals surface area contributed by atoms with Crippen molar-refractivity contribution in [3.63, 3.8) is 0 Å². The van der Waals surface area contributed by atoms with Crippen molar-refractivity contribution in [3.8, 4) is 22.3 Å². The monoisotopic (exact) mass is 881 g/mol. The van der Waals surface area contributed by atoms with E-state index in [2.05, 4.69) is 211 Å². The highest BCUT2D eigenvalue weighted by atomic mass is 32.2. The van der Waals surface area contributed by atoms with Crippen LogP contribution in [0.5, 0.6) is 0 Å². The highest BCUT2D eigenvalue weighted by Gasteiger charge is 2.46. The van der Waals surface area contributed by atoms with Gasteiger partial charge in [-0.25, -0.2) is 0 Å². The van der Waals surface area contributed by atoms with Crippen molar-refractivity contribution in [3.05, 3.63) is 179 Å². The molecule has 0 aliphatic carbocycles. The van der Waals surface area contributed by atoms with Crippen molar-refractivity contribution < 1.29 is 17.5 Å². The van der Waals surface area contributed by atoms with E-state index in [-0.39, 0.29) is 16.6 Å². The van der Waals surface area contributed by atoms with Gasteiger partial charge in [0.25, 0.3) is 10.1 Å². The maximum Gasteiger partial charge on any atom is 0.264 e. The molecule has 6 aromatic carbocycles. The van der Waals surface area contributed by atoms with Crippen LogP contribution in [-0.4, -0.2) is 42.1 Å². The maximum absolute atomic E-state index is 11.6. The summed E-state index contributed by atoms with van der Waals surface area (Å²) >= 11 is 0. The second-order valence-electron chi connectivity index (χ2n) is 19.2. The van der Waals surface area contributed by atoms with Gasteiger partial charge >= 0.3 is 0 Å². The van der Waals surface area contributed by atoms with Crippen molar-refractivity contribution in [2.45, 2.75) is 98.8 Å². The van der Waals surface area contributed by atoms with Crippen molar-refractivity contribution in [1.29, 1.82) is 0 Å². The second kappa shape index (κ2) is 18.2. The van der Waals surface area contributed by atoms with E-state index in [0.717, 1.165) is 30.8 Å². The third-order valence-electron chi connectivity index (χ3n) is 14.0. The largest absolute Gasteiger partial charge is 0.344 e. The molecule has 6 heteroatoms. The SMILES string of the molecule is CCCCN1/C(=C/C=C/C=C/C=C/C2=[N+](CCCCS(=O)(=O)O)c3ccc4c(-c5c(C)cccc5C)cccc4c3C2(C)C)C(C)(C)c2c1ccc1c(-c3c(C)cccc3C)cccc21. The quantitative estimate of drug-likeness (QED) is 0.0512. The topological polar surface area (TPSA) is 60.6 Å². The fraction of sp³-hybridized carbons (Fsp3) is 0.305. The Morgan fingerprint density at radius 1 is 0.600 bits per heavy atom. The van der Waals surface area contributed by atoms with Gasteiger partial charge in [-0.15, -0.1) is 0 Å². The minimum absolute atomic E-state index is 0.204. The molecule has 334 valence electrons. The highest BCUT2D eigenvalue weighted by Crippen LogP contribution is 2.52. The van der Waals surface area contributed by atoms with Crippen molar-refractivity contribution in [2.24, 2.45) is 0 Å². The Labute approximate surface area is 388 Å². The van der Waals surface area contributed by atoms with E-state index in [1.54, 1.807) is 0 Å². The van der Waals surface area contributed by atoms with Gasteiger partial charge in [-0.2, -0.15) is 13.0 Å². The molecule has 0 fully saturated rings. The lowest BCUT2D eigenvalue weighted by molar-refractivity contribution is -0.438. The summed E-state index contributed by atoms with van der Waals surface area (Å²) in [5.74, 6) is -0.241. The lowest BCUT2D eigenvalue weighted by Gasteiger charge is -2.27. The highest BCUT2D eigenvalue weighted by molar-refractivity contribution is 7.85. The van der Waals surface area contributed by atoms with Gasteiger partial charge in [0.15, 0.2) is 5.71 Å². The van der Waals surface area contributed by atoms with E-state index in [1.807, 2.05) is 0 Å². The summed E-state index contributed by atoms with van der Waals surface area (Å²) in [5, 5.41) is 5.08. The first-order valence-electron chi connectivity index (χ1n) is 23.4. The third-order valence-corrected chi connectivity index (χ3v) is 14.8. The lowest BCUT2D eigenvalue weighted by atomic mass is 9.78. The summed E-state index contributed by atoms with van der Waals surface area (Å²) in [6.07, 6.45) is 18.4. The zero-order valence-electron chi connectivity index (χ0n) is 39.8. The van der Waals surface area contributed by atoms with E-state index in [0.29, 0.717) is 19.4 Å². The van der Waals surface area contributed by atoms with Gasteiger partial charge in [-0.05, 0) is 144 Å². The van der Waals surface area contributed by atoms with Gasteiger partial charge < -0.3 is 4.90 Å². The number of unbranched alkanes of at least 4 members (excludes halogenated alkanes) is 2. The van der Waals surface area contributed by atoms with E-state index in [4.69, 9.17) is 0 Å². The molecule has 0 bridgehead atoms. The fourth-order valence-electron chi connectivity index (χ4n) is 11.0. The predicted molar refractivity (Wildman–Crippen MR) is 277 cm³/mol. The molecular formula is C59H65N2O3S+. The summed E-state index contributed by atoms with van der Waals surface area (Å²) in [5.41, 5.74) is 17.3. The van der Waals surface area contributed by atoms with E-state index in [1.165, 1.54) is 88.6 Å². The Morgan fingerprint density at radius 2 is 1.14 bits per heavy atom. The Morgan fingerprint density at radius 3 is 1.72 bits per heavy atom. The Kier molecular flexibility index (Phi) is 12.8. The summed E-state index contributed by atoms with van der Waals surface area (Å²) < 4.78 is 35.1. The number of nitrogens with zero attached hydrogens (tertiary/aromatic N) is 2. The Hall–Kier alpha value is -5.82. The van der Waals surface area contributed by atoms with Crippen molar-refractivity contribution in [1.82, 2.24) is 0 Å². The molecule has 2 heterocycles. The Balaban J connectivity index is 1.11. The molecule has 0 atom stereocenters. The van der Waals surface area contributed by atoms with Crippen LogP contribution in [0.1, 0.15) is 93.7 Å². The van der Waals surface area contributed by atoms with Crippen LogP contribution in [0.15, 0.2) is 145 Å². The van der Waals surface area contributed by atoms with E-state index in [9.17, 15) is 13.0 Å². The number of aryl methyl sites for hydroxylation is 4. The molecular weight excluding hydrogens is 817 g/mol. The molecule has 0 radical (unpaired) electrons. The van der Waals surface area contributed by atoms with Crippen LogP contribution in [0.25, 0.3) is 43.8 Å². The molecule has 0 saturated carbocycles. The van der Waals surface area contributed by atoms with Crippen LogP contribution in [0, 0.1) is 27.7 Å². The van der Waals surface area contributed by atoms with Crippen LogP contribution < -0.4 is 4.90 Å². The van der Waals surface area contributed by atoms with E-state index < -0.39 is 10.1 Å². The number of allylic oxidation sites excluding steroid dienone is 8. The van der Waals surface area contributed by atoms with Crippen LogP contribution in [0.3, 0.4) is 0 Å². The minimum atomic E-state index is -4.03. The molecule has 65 heavy (non-hydrogen) atoms. The van der Waals surface area contributed by atoms with Crippen LogP contribution in [-0.2, 0) is 20.9 Å². The molecule has 2 aliphatic heterocycles. The Bertz CT molecular complexity index is 3060. The van der Waals surface area contributed by atoms with Gasteiger partial charge in [0.05, 0.1) is 11.2 Å². The number of benzene rings is 6. The molecule has 0 amide bonds. The molecule has 0 unspecified atom stereocenters. The van der Waals surface area contributed by atoms with Gasteiger partial charge in [0.1, 0.15) is 6.54 Å². The van der Waals surface area contributed by atoms with Gasteiger partial charge in [0.2, 0.25) is 5.69 Å². The van der Waals surface area contributed by atoms with Crippen LogP contribution in [0.4, 0.5) is 11.4 Å². The molecule has 0 spiro atoms. The minimum Gasteiger partial charge on any atom is -0.344 e. The van der Waals surface area contributed by atoms with Gasteiger partial charge in [-0.3, -0.25) is 4.55 Å². The first kappa shape index (κ1) is 45.7. The lowest BCUT2D eigenvalue weighted by Crippen LogP contribution is -2.28.